The van der Waals surface area contributed by atoms with Crippen LogP contribution in [0.15, 0.2) is 18.2 Å². The summed E-state index contributed by atoms with van der Waals surface area (Å²) in [6, 6.07) is 5.99. The maximum Gasteiger partial charge on any atom is 0.224 e. The molecular weight excluding hydrogens is 292 g/mol. The molecular formula is C18H26N2O3. The van der Waals surface area contributed by atoms with Gasteiger partial charge in [0.2, 0.25) is 5.91 Å². The summed E-state index contributed by atoms with van der Waals surface area (Å²) in [6.45, 7) is 7.79. The lowest BCUT2D eigenvalue weighted by Crippen LogP contribution is -2.55. The lowest BCUT2D eigenvalue weighted by atomic mass is 9.88. The fraction of sp³-hybridized carbons (Fsp3) is 0.611. The van der Waals surface area contributed by atoms with Crippen LogP contribution in [0, 0.1) is 11.8 Å². The molecule has 1 aliphatic heterocycles. The number of hydrogen-bond acceptors (Lipinski definition) is 4. The second-order valence-electron chi connectivity index (χ2n) is 7.12. The highest BCUT2D eigenvalue weighted by molar-refractivity contribution is 5.83. The molecule has 0 bridgehead atoms. The molecule has 1 amide bonds. The molecule has 2 aliphatic rings. The highest BCUT2D eigenvalue weighted by Crippen LogP contribution is 2.49. The van der Waals surface area contributed by atoms with Gasteiger partial charge in [-0.1, -0.05) is 19.9 Å². The van der Waals surface area contributed by atoms with Crippen molar-refractivity contribution in [2.75, 3.05) is 19.8 Å². The number of hydrogen-bond donors (Lipinski definition) is 2. The average Bonchev–Trinajstić information content (AvgIpc) is 3.35. The van der Waals surface area contributed by atoms with Crippen LogP contribution in [0.1, 0.15) is 38.7 Å². The van der Waals surface area contributed by atoms with E-state index in [1.165, 1.54) is 0 Å². The van der Waals surface area contributed by atoms with Crippen LogP contribution >= 0.6 is 0 Å². The standard InChI is InChI=1S/C18H26N2O3/c1-11(2)18(3,10-19)20-17(21)14-9-13(14)12-4-5-15-16(8-12)23-7-6-22-15/h4-5,8,11,13-14H,6-7,9-10,19H2,1-3H3,(H,20,21). The molecule has 0 aromatic heterocycles. The largest absolute Gasteiger partial charge is 0.486 e. The van der Waals surface area contributed by atoms with E-state index in [1.807, 2.05) is 25.1 Å². The second kappa shape index (κ2) is 6.04. The normalized spacial score (nSPS) is 24.9. The number of nitrogens with one attached hydrogen (secondary N) is 1. The third kappa shape index (κ3) is 3.15. The number of nitrogens with two attached hydrogens (primary N) is 1. The van der Waals surface area contributed by atoms with Crippen molar-refractivity contribution >= 4 is 5.91 Å². The minimum atomic E-state index is -0.350. The van der Waals surface area contributed by atoms with Crippen LogP contribution in [0.3, 0.4) is 0 Å². The molecule has 3 rings (SSSR count). The Labute approximate surface area is 137 Å². The van der Waals surface area contributed by atoms with Gasteiger partial charge >= 0.3 is 0 Å². The first-order chi connectivity index (χ1) is 10.9. The van der Waals surface area contributed by atoms with Crippen LogP contribution in [0.4, 0.5) is 0 Å². The lowest BCUT2D eigenvalue weighted by molar-refractivity contribution is -0.124. The highest BCUT2D eigenvalue weighted by Gasteiger charge is 2.46. The quantitative estimate of drug-likeness (QED) is 0.871. The van der Waals surface area contributed by atoms with Crippen molar-refractivity contribution in [3.8, 4) is 11.5 Å². The molecule has 3 unspecified atom stereocenters. The van der Waals surface area contributed by atoms with E-state index < -0.39 is 0 Å². The molecule has 0 saturated heterocycles. The van der Waals surface area contributed by atoms with Gasteiger partial charge in [-0.25, -0.2) is 0 Å². The van der Waals surface area contributed by atoms with Gasteiger partial charge in [-0.3, -0.25) is 4.79 Å². The lowest BCUT2D eigenvalue weighted by Gasteiger charge is -2.33. The van der Waals surface area contributed by atoms with Crippen molar-refractivity contribution in [1.82, 2.24) is 5.32 Å². The average molecular weight is 318 g/mol. The predicted molar refractivity (Wildman–Crippen MR) is 88.7 cm³/mol. The van der Waals surface area contributed by atoms with E-state index >= 15 is 0 Å². The first kappa shape index (κ1) is 16.1. The van der Waals surface area contributed by atoms with E-state index in [4.69, 9.17) is 15.2 Å². The fourth-order valence-electron chi connectivity index (χ4n) is 2.95. The van der Waals surface area contributed by atoms with Crippen molar-refractivity contribution in [1.29, 1.82) is 0 Å². The number of fused-ring (bicyclic) bond motifs is 1. The van der Waals surface area contributed by atoms with E-state index in [9.17, 15) is 4.79 Å². The first-order valence-electron chi connectivity index (χ1n) is 8.36. The molecule has 3 atom stereocenters. The van der Waals surface area contributed by atoms with Gasteiger partial charge in [0.05, 0.1) is 5.54 Å². The minimum absolute atomic E-state index is 0.0298. The van der Waals surface area contributed by atoms with E-state index in [1.54, 1.807) is 0 Å². The zero-order valence-electron chi connectivity index (χ0n) is 14.1. The summed E-state index contributed by atoms with van der Waals surface area (Å²) in [5.74, 6) is 2.27. The number of benzene rings is 1. The Morgan fingerprint density at radius 1 is 1.35 bits per heavy atom. The molecule has 1 fully saturated rings. The maximum atomic E-state index is 12.5. The Kier molecular flexibility index (Phi) is 4.23. The van der Waals surface area contributed by atoms with Crippen molar-refractivity contribution < 1.29 is 14.3 Å². The topological polar surface area (TPSA) is 73.6 Å². The molecule has 1 aromatic carbocycles. The summed E-state index contributed by atoms with van der Waals surface area (Å²) in [5, 5.41) is 3.15. The number of carbonyl (C=O) groups is 1. The zero-order chi connectivity index (χ0) is 16.6. The summed E-state index contributed by atoms with van der Waals surface area (Å²) in [5.41, 5.74) is 6.65. The SMILES string of the molecule is CC(C)C(C)(CN)NC(=O)C1CC1c1ccc2c(c1)OCCO2. The fourth-order valence-corrected chi connectivity index (χ4v) is 2.95. The predicted octanol–water partition coefficient (Wildman–Crippen LogP) is 2.05. The summed E-state index contributed by atoms with van der Waals surface area (Å²) in [7, 11) is 0. The molecule has 1 heterocycles. The van der Waals surface area contributed by atoms with Gasteiger partial charge in [0.25, 0.3) is 0 Å². The van der Waals surface area contributed by atoms with E-state index in [2.05, 4.69) is 19.2 Å². The molecule has 1 aromatic rings. The van der Waals surface area contributed by atoms with Crippen LogP contribution in [-0.4, -0.2) is 31.2 Å². The van der Waals surface area contributed by atoms with E-state index in [0.717, 1.165) is 23.5 Å². The van der Waals surface area contributed by atoms with Crippen molar-refractivity contribution in [3.05, 3.63) is 23.8 Å². The van der Waals surface area contributed by atoms with Gasteiger partial charge in [0.15, 0.2) is 11.5 Å². The Bertz CT molecular complexity index is 602. The van der Waals surface area contributed by atoms with Crippen LogP contribution in [-0.2, 0) is 4.79 Å². The van der Waals surface area contributed by atoms with Gasteiger partial charge in [-0.15, -0.1) is 0 Å². The van der Waals surface area contributed by atoms with Crippen LogP contribution in [0.25, 0.3) is 0 Å². The van der Waals surface area contributed by atoms with Gasteiger partial charge < -0.3 is 20.5 Å². The summed E-state index contributed by atoms with van der Waals surface area (Å²) >= 11 is 0. The molecule has 5 heteroatoms. The number of amides is 1. The third-order valence-electron chi connectivity index (χ3n) is 5.23. The number of rotatable bonds is 5. The van der Waals surface area contributed by atoms with Gasteiger partial charge in [0.1, 0.15) is 13.2 Å². The summed E-state index contributed by atoms with van der Waals surface area (Å²) in [6.07, 6.45) is 0.879. The molecule has 0 spiro atoms. The van der Waals surface area contributed by atoms with Crippen LogP contribution < -0.4 is 20.5 Å². The van der Waals surface area contributed by atoms with Crippen LogP contribution in [0.2, 0.25) is 0 Å². The Hall–Kier alpha value is -1.75. The Balaban J connectivity index is 1.66. The van der Waals surface area contributed by atoms with E-state index in [-0.39, 0.29) is 23.3 Å². The summed E-state index contributed by atoms with van der Waals surface area (Å²) in [4.78, 5) is 12.5. The second-order valence-corrected chi connectivity index (χ2v) is 7.12. The minimum Gasteiger partial charge on any atom is -0.486 e. The summed E-state index contributed by atoms with van der Waals surface area (Å²) < 4.78 is 11.2. The maximum absolute atomic E-state index is 12.5. The first-order valence-corrected chi connectivity index (χ1v) is 8.36. The smallest absolute Gasteiger partial charge is 0.224 e. The molecule has 1 aliphatic carbocycles. The molecule has 126 valence electrons. The molecule has 0 radical (unpaired) electrons. The monoisotopic (exact) mass is 318 g/mol. The number of ether oxygens (including phenoxy) is 2. The van der Waals surface area contributed by atoms with Gasteiger partial charge in [-0.05, 0) is 42.9 Å². The molecule has 1 saturated carbocycles. The van der Waals surface area contributed by atoms with Crippen molar-refractivity contribution in [2.45, 2.75) is 38.6 Å². The Morgan fingerprint density at radius 2 is 2.04 bits per heavy atom. The molecule has 23 heavy (non-hydrogen) atoms. The van der Waals surface area contributed by atoms with E-state index in [0.29, 0.717) is 25.7 Å². The van der Waals surface area contributed by atoms with Crippen molar-refractivity contribution in [3.63, 3.8) is 0 Å². The highest BCUT2D eigenvalue weighted by atomic mass is 16.6. The number of carbonyl (C=O) groups excluding carboxylic acids is 1. The van der Waals surface area contributed by atoms with Gasteiger partial charge in [-0.2, -0.15) is 0 Å². The van der Waals surface area contributed by atoms with Crippen molar-refractivity contribution in [2.24, 2.45) is 17.6 Å². The third-order valence-corrected chi connectivity index (χ3v) is 5.23. The zero-order valence-corrected chi connectivity index (χ0v) is 14.1. The van der Waals surface area contributed by atoms with Crippen LogP contribution in [0.5, 0.6) is 11.5 Å². The molecule has 5 nitrogen and oxygen atoms in total. The van der Waals surface area contributed by atoms with Gasteiger partial charge in [0, 0.05) is 12.5 Å². The Morgan fingerprint density at radius 3 is 2.70 bits per heavy atom. The molecule has 3 N–H and O–H groups in total.